The fraction of sp³-hybridized carbons (Fsp3) is 0.750. The van der Waals surface area contributed by atoms with E-state index in [0.717, 1.165) is 6.42 Å². The highest BCUT2D eigenvalue weighted by Crippen LogP contribution is 2.19. The summed E-state index contributed by atoms with van der Waals surface area (Å²) in [6, 6.07) is 0. The number of allylic oxidation sites excluding steroid dienone is 1. The van der Waals surface area contributed by atoms with Crippen molar-refractivity contribution in [3.63, 3.8) is 0 Å². The molecular formula is C12H22O2. The van der Waals surface area contributed by atoms with E-state index >= 15 is 0 Å². The van der Waals surface area contributed by atoms with Crippen LogP contribution in [0.15, 0.2) is 12.2 Å². The maximum atomic E-state index is 11.3. The van der Waals surface area contributed by atoms with Gasteiger partial charge in [0.1, 0.15) is 0 Å². The first-order chi connectivity index (χ1) is 6.54. The van der Waals surface area contributed by atoms with E-state index in [0.29, 0.717) is 0 Å². The molecule has 0 spiro atoms. The van der Waals surface area contributed by atoms with Gasteiger partial charge < -0.3 is 4.74 Å². The van der Waals surface area contributed by atoms with Crippen molar-refractivity contribution in [1.82, 2.24) is 0 Å². The van der Waals surface area contributed by atoms with Crippen molar-refractivity contribution in [2.45, 2.75) is 46.5 Å². The van der Waals surface area contributed by atoms with E-state index in [1.165, 1.54) is 26.4 Å². The lowest BCUT2D eigenvalue weighted by atomic mass is 9.93. The summed E-state index contributed by atoms with van der Waals surface area (Å²) in [5.41, 5.74) is -0.485. The zero-order valence-corrected chi connectivity index (χ0v) is 9.80. The van der Waals surface area contributed by atoms with Gasteiger partial charge in [0, 0.05) is 0 Å². The van der Waals surface area contributed by atoms with Gasteiger partial charge in [0.05, 0.1) is 12.5 Å². The molecule has 0 atom stereocenters. The molecule has 0 N–H and O–H groups in total. The first kappa shape index (κ1) is 13.2. The van der Waals surface area contributed by atoms with Gasteiger partial charge in [-0.2, -0.15) is 0 Å². The van der Waals surface area contributed by atoms with Crippen LogP contribution in [0.5, 0.6) is 0 Å². The molecular weight excluding hydrogens is 176 g/mol. The van der Waals surface area contributed by atoms with E-state index in [4.69, 9.17) is 4.74 Å². The predicted molar refractivity (Wildman–Crippen MR) is 59.1 cm³/mol. The molecule has 0 radical (unpaired) electrons. The molecule has 0 aliphatic heterocycles. The molecule has 0 unspecified atom stereocenters. The standard InChI is InChI=1S/C12H22O2/c1-5-6-7-8-9-10-12(2,3)11(13)14-4/h9-10H,5-8H2,1-4H3. The molecule has 2 nitrogen and oxygen atoms in total. The Morgan fingerprint density at radius 3 is 2.50 bits per heavy atom. The van der Waals surface area contributed by atoms with Gasteiger partial charge in [-0.3, -0.25) is 4.79 Å². The highest BCUT2D eigenvalue weighted by atomic mass is 16.5. The summed E-state index contributed by atoms with van der Waals surface area (Å²) in [4.78, 5) is 11.3. The zero-order valence-electron chi connectivity index (χ0n) is 9.80. The number of carbonyl (C=O) groups is 1. The van der Waals surface area contributed by atoms with E-state index < -0.39 is 5.41 Å². The van der Waals surface area contributed by atoms with Crippen molar-refractivity contribution in [3.8, 4) is 0 Å². The number of hydrogen-bond donors (Lipinski definition) is 0. The number of rotatable bonds is 6. The molecule has 0 saturated carbocycles. The van der Waals surface area contributed by atoms with Crippen molar-refractivity contribution in [2.24, 2.45) is 5.41 Å². The van der Waals surface area contributed by atoms with Gasteiger partial charge in [0.2, 0.25) is 0 Å². The van der Waals surface area contributed by atoms with Gasteiger partial charge >= 0.3 is 5.97 Å². The molecule has 0 aromatic carbocycles. The Hall–Kier alpha value is -0.790. The zero-order chi connectivity index (χ0) is 11.0. The lowest BCUT2D eigenvalue weighted by Crippen LogP contribution is -2.22. The minimum absolute atomic E-state index is 0.177. The van der Waals surface area contributed by atoms with Crippen LogP contribution >= 0.6 is 0 Å². The summed E-state index contributed by atoms with van der Waals surface area (Å²) in [6.45, 7) is 5.92. The van der Waals surface area contributed by atoms with Gasteiger partial charge in [0.25, 0.3) is 0 Å². The normalized spacial score (nSPS) is 12.0. The smallest absolute Gasteiger partial charge is 0.315 e. The topological polar surface area (TPSA) is 26.3 Å². The molecule has 0 heterocycles. The highest BCUT2D eigenvalue weighted by molar-refractivity contribution is 5.77. The van der Waals surface area contributed by atoms with Crippen LogP contribution in [-0.2, 0) is 9.53 Å². The summed E-state index contributed by atoms with van der Waals surface area (Å²) in [5.74, 6) is -0.177. The average molecular weight is 198 g/mol. The quantitative estimate of drug-likeness (QED) is 0.372. The number of ether oxygens (including phenoxy) is 1. The number of carbonyl (C=O) groups excluding carboxylic acids is 1. The third kappa shape index (κ3) is 5.05. The van der Waals surface area contributed by atoms with Crippen LogP contribution in [0.4, 0.5) is 0 Å². The molecule has 0 rings (SSSR count). The summed E-state index contributed by atoms with van der Waals surface area (Å²) in [7, 11) is 1.43. The fourth-order valence-corrected chi connectivity index (χ4v) is 1.22. The largest absolute Gasteiger partial charge is 0.468 e. The van der Waals surface area contributed by atoms with Gasteiger partial charge in [0.15, 0.2) is 0 Å². The van der Waals surface area contributed by atoms with Crippen LogP contribution < -0.4 is 0 Å². The number of unbranched alkanes of at least 4 members (excludes halogenated alkanes) is 3. The van der Waals surface area contributed by atoms with Crippen LogP contribution in [0, 0.1) is 5.41 Å². The lowest BCUT2D eigenvalue weighted by Gasteiger charge is -2.16. The van der Waals surface area contributed by atoms with Crippen LogP contribution in [0.25, 0.3) is 0 Å². The molecule has 14 heavy (non-hydrogen) atoms. The van der Waals surface area contributed by atoms with Crippen molar-refractivity contribution < 1.29 is 9.53 Å². The Morgan fingerprint density at radius 1 is 1.36 bits per heavy atom. The SMILES string of the molecule is CCCCCC=CC(C)(C)C(=O)OC. The van der Waals surface area contributed by atoms with Gasteiger partial charge in [-0.15, -0.1) is 0 Å². The molecule has 82 valence electrons. The molecule has 0 aliphatic carbocycles. The summed E-state index contributed by atoms with van der Waals surface area (Å²) in [6.07, 6.45) is 8.75. The summed E-state index contributed by atoms with van der Waals surface area (Å²) < 4.78 is 4.70. The van der Waals surface area contributed by atoms with Crippen LogP contribution in [0.1, 0.15) is 46.5 Å². The number of methoxy groups -OCH3 is 1. The monoisotopic (exact) mass is 198 g/mol. The maximum absolute atomic E-state index is 11.3. The van der Waals surface area contributed by atoms with E-state index in [2.05, 4.69) is 13.0 Å². The van der Waals surface area contributed by atoms with Crippen LogP contribution in [-0.4, -0.2) is 13.1 Å². The molecule has 0 aliphatic rings. The Bertz CT molecular complexity index is 192. The van der Waals surface area contributed by atoms with E-state index in [-0.39, 0.29) is 5.97 Å². The Kier molecular flexibility index (Phi) is 6.26. The fourth-order valence-electron chi connectivity index (χ4n) is 1.22. The molecule has 2 heteroatoms. The average Bonchev–Trinajstić information content (AvgIpc) is 2.16. The van der Waals surface area contributed by atoms with E-state index in [1.54, 1.807) is 0 Å². The number of esters is 1. The minimum Gasteiger partial charge on any atom is -0.468 e. The lowest BCUT2D eigenvalue weighted by molar-refractivity contribution is -0.148. The first-order valence-corrected chi connectivity index (χ1v) is 5.30. The van der Waals surface area contributed by atoms with E-state index in [9.17, 15) is 4.79 Å². The molecule has 0 aromatic heterocycles. The second kappa shape index (κ2) is 6.63. The van der Waals surface area contributed by atoms with Crippen LogP contribution in [0.2, 0.25) is 0 Å². The minimum atomic E-state index is -0.485. The van der Waals surface area contributed by atoms with Crippen molar-refractivity contribution >= 4 is 5.97 Å². The van der Waals surface area contributed by atoms with E-state index in [1.807, 2.05) is 19.9 Å². The Balaban J connectivity index is 3.89. The summed E-state index contributed by atoms with van der Waals surface area (Å²) in [5, 5.41) is 0. The van der Waals surface area contributed by atoms with Crippen molar-refractivity contribution in [1.29, 1.82) is 0 Å². The van der Waals surface area contributed by atoms with Crippen LogP contribution in [0.3, 0.4) is 0 Å². The molecule has 0 bridgehead atoms. The van der Waals surface area contributed by atoms with Crippen molar-refractivity contribution in [3.05, 3.63) is 12.2 Å². The summed E-state index contributed by atoms with van der Waals surface area (Å²) >= 11 is 0. The number of hydrogen-bond acceptors (Lipinski definition) is 2. The van der Waals surface area contributed by atoms with Gasteiger partial charge in [-0.1, -0.05) is 31.9 Å². The third-order valence-corrected chi connectivity index (χ3v) is 2.22. The Labute approximate surface area is 87.3 Å². The molecule has 0 aromatic rings. The highest BCUT2D eigenvalue weighted by Gasteiger charge is 2.24. The molecule has 0 fully saturated rings. The predicted octanol–water partition coefficient (Wildman–Crippen LogP) is 3.32. The second-order valence-electron chi connectivity index (χ2n) is 4.11. The molecule has 0 saturated heterocycles. The Morgan fingerprint density at radius 2 is 2.00 bits per heavy atom. The van der Waals surface area contributed by atoms with Gasteiger partial charge in [-0.05, 0) is 26.7 Å². The van der Waals surface area contributed by atoms with Crippen molar-refractivity contribution in [2.75, 3.05) is 7.11 Å². The third-order valence-electron chi connectivity index (χ3n) is 2.22. The molecule has 0 amide bonds. The maximum Gasteiger partial charge on any atom is 0.315 e. The van der Waals surface area contributed by atoms with Gasteiger partial charge in [-0.25, -0.2) is 0 Å². The second-order valence-corrected chi connectivity index (χ2v) is 4.11. The first-order valence-electron chi connectivity index (χ1n) is 5.30.